The maximum absolute atomic E-state index is 13.0. The van der Waals surface area contributed by atoms with Crippen molar-refractivity contribution in [2.24, 2.45) is 0 Å². The van der Waals surface area contributed by atoms with Crippen molar-refractivity contribution in [3.63, 3.8) is 0 Å². The van der Waals surface area contributed by atoms with E-state index in [1.165, 1.54) is 14.2 Å². The summed E-state index contributed by atoms with van der Waals surface area (Å²) >= 11 is 0. The number of benzene rings is 3. The standard InChI is InChI=1S/C25H26N2O5/c1-4-32-22-13-5-8-17(14-22)23(26-24(28)18-9-6-11-20(15-18)30-2)27-25(29)19-10-7-12-21(16-19)31-3/h5-16,23H,4H2,1-3H3,(H,26,28)(H,27,29). The summed E-state index contributed by atoms with van der Waals surface area (Å²) < 4.78 is 16.0. The molecule has 3 rings (SSSR count). The fraction of sp³-hybridized carbons (Fsp3) is 0.200. The molecule has 0 saturated carbocycles. The fourth-order valence-electron chi connectivity index (χ4n) is 3.11. The lowest BCUT2D eigenvalue weighted by Crippen LogP contribution is -2.41. The van der Waals surface area contributed by atoms with Gasteiger partial charge in [0.25, 0.3) is 11.8 Å². The Kier molecular flexibility index (Phi) is 7.70. The van der Waals surface area contributed by atoms with Gasteiger partial charge in [0.1, 0.15) is 23.4 Å². The first-order chi connectivity index (χ1) is 15.5. The summed E-state index contributed by atoms with van der Waals surface area (Å²) in [5, 5.41) is 5.77. The molecule has 7 nitrogen and oxygen atoms in total. The van der Waals surface area contributed by atoms with Crippen molar-refractivity contribution < 1.29 is 23.8 Å². The van der Waals surface area contributed by atoms with Crippen LogP contribution in [0.25, 0.3) is 0 Å². The highest BCUT2D eigenvalue weighted by Gasteiger charge is 2.20. The summed E-state index contributed by atoms with van der Waals surface area (Å²) in [6, 6.07) is 20.8. The summed E-state index contributed by atoms with van der Waals surface area (Å²) in [6.45, 7) is 2.39. The zero-order chi connectivity index (χ0) is 22.9. The lowest BCUT2D eigenvalue weighted by atomic mass is 10.1. The van der Waals surface area contributed by atoms with Gasteiger partial charge in [0.2, 0.25) is 0 Å². The van der Waals surface area contributed by atoms with Gasteiger partial charge in [0, 0.05) is 11.1 Å². The van der Waals surface area contributed by atoms with Crippen molar-refractivity contribution >= 4 is 11.8 Å². The van der Waals surface area contributed by atoms with E-state index in [4.69, 9.17) is 14.2 Å². The Labute approximate surface area is 187 Å². The van der Waals surface area contributed by atoms with Crippen LogP contribution in [-0.2, 0) is 0 Å². The van der Waals surface area contributed by atoms with Gasteiger partial charge >= 0.3 is 0 Å². The Bertz CT molecular complexity index is 1020. The van der Waals surface area contributed by atoms with Crippen LogP contribution in [0.15, 0.2) is 72.8 Å². The number of ether oxygens (including phenoxy) is 3. The van der Waals surface area contributed by atoms with Gasteiger partial charge in [-0.05, 0) is 61.0 Å². The Morgan fingerprint density at radius 2 is 1.25 bits per heavy atom. The van der Waals surface area contributed by atoms with Crippen LogP contribution >= 0.6 is 0 Å². The van der Waals surface area contributed by atoms with Gasteiger partial charge in [-0.1, -0.05) is 24.3 Å². The molecule has 0 aliphatic heterocycles. The number of carbonyl (C=O) groups excluding carboxylic acids is 2. The Morgan fingerprint density at radius 1 is 0.750 bits per heavy atom. The highest BCUT2D eigenvalue weighted by Crippen LogP contribution is 2.21. The molecule has 0 radical (unpaired) electrons. The molecule has 0 heterocycles. The molecule has 3 aromatic carbocycles. The zero-order valence-electron chi connectivity index (χ0n) is 18.3. The lowest BCUT2D eigenvalue weighted by Gasteiger charge is -2.22. The average Bonchev–Trinajstić information content (AvgIpc) is 2.84. The molecule has 0 bridgehead atoms. The minimum absolute atomic E-state index is 0.360. The Hall–Kier alpha value is -4.00. The van der Waals surface area contributed by atoms with E-state index in [-0.39, 0.29) is 11.8 Å². The molecule has 32 heavy (non-hydrogen) atoms. The van der Waals surface area contributed by atoms with E-state index in [0.29, 0.717) is 40.5 Å². The second-order valence-corrected chi connectivity index (χ2v) is 6.85. The molecular formula is C25H26N2O5. The van der Waals surface area contributed by atoms with Gasteiger partial charge in [-0.15, -0.1) is 0 Å². The van der Waals surface area contributed by atoms with Crippen LogP contribution in [0.3, 0.4) is 0 Å². The number of methoxy groups -OCH3 is 2. The highest BCUT2D eigenvalue weighted by molar-refractivity contribution is 5.97. The van der Waals surface area contributed by atoms with Crippen molar-refractivity contribution in [1.29, 1.82) is 0 Å². The third kappa shape index (κ3) is 5.78. The van der Waals surface area contributed by atoms with E-state index in [0.717, 1.165) is 0 Å². The molecule has 0 unspecified atom stereocenters. The summed E-state index contributed by atoms with van der Waals surface area (Å²) in [7, 11) is 3.07. The van der Waals surface area contributed by atoms with Crippen molar-refractivity contribution in [3.8, 4) is 17.2 Å². The quantitative estimate of drug-likeness (QED) is 0.498. The molecule has 0 aliphatic carbocycles. The highest BCUT2D eigenvalue weighted by atomic mass is 16.5. The van der Waals surface area contributed by atoms with Crippen LogP contribution in [0.2, 0.25) is 0 Å². The second-order valence-electron chi connectivity index (χ2n) is 6.85. The van der Waals surface area contributed by atoms with Gasteiger partial charge in [-0.25, -0.2) is 0 Å². The van der Waals surface area contributed by atoms with Crippen LogP contribution in [0.4, 0.5) is 0 Å². The largest absolute Gasteiger partial charge is 0.497 e. The molecule has 0 spiro atoms. The smallest absolute Gasteiger partial charge is 0.253 e. The number of rotatable bonds is 9. The number of nitrogens with one attached hydrogen (secondary N) is 2. The lowest BCUT2D eigenvalue weighted by molar-refractivity contribution is 0.0882. The predicted octanol–water partition coefficient (Wildman–Crippen LogP) is 3.96. The van der Waals surface area contributed by atoms with Crippen LogP contribution in [-0.4, -0.2) is 32.6 Å². The Morgan fingerprint density at radius 3 is 1.75 bits per heavy atom. The van der Waals surface area contributed by atoms with E-state index in [1.807, 2.05) is 25.1 Å². The summed E-state index contributed by atoms with van der Waals surface area (Å²) in [6.07, 6.45) is -0.798. The Balaban J connectivity index is 1.89. The van der Waals surface area contributed by atoms with Gasteiger partial charge < -0.3 is 24.8 Å². The first-order valence-corrected chi connectivity index (χ1v) is 10.2. The molecule has 2 N–H and O–H groups in total. The van der Waals surface area contributed by atoms with Gasteiger partial charge in [0.15, 0.2) is 0 Å². The molecule has 7 heteroatoms. The normalized spacial score (nSPS) is 10.4. The van der Waals surface area contributed by atoms with Gasteiger partial charge in [0.05, 0.1) is 20.8 Å². The van der Waals surface area contributed by atoms with E-state index < -0.39 is 6.17 Å². The molecule has 2 amide bonds. The molecule has 0 aliphatic rings. The molecular weight excluding hydrogens is 408 g/mol. The van der Waals surface area contributed by atoms with Crippen LogP contribution in [0.5, 0.6) is 17.2 Å². The van der Waals surface area contributed by atoms with E-state index in [2.05, 4.69) is 10.6 Å². The van der Waals surface area contributed by atoms with Crippen LogP contribution in [0.1, 0.15) is 39.4 Å². The molecule has 3 aromatic rings. The van der Waals surface area contributed by atoms with Crippen molar-refractivity contribution in [2.75, 3.05) is 20.8 Å². The van der Waals surface area contributed by atoms with E-state index in [9.17, 15) is 9.59 Å². The van der Waals surface area contributed by atoms with Gasteiger partial charge in [-0.2, -0.15) is 0 Å². The number of hydrogen-bond donors (Lipinski definition) is 2. The second kappa shape index (κ2) is 10.9. The third-order valence-electron chi connectivity index (χ3n) is 4.72. The molecule has 0 atom stereocenters. The number of carbonyl (C=O) groups is 2. The molecule has 0 aromatic heterocycles. The summed E-state index contributed by atoms with van der Waals surface area (Å²) in [5.74, 6) is 1.05. The number of amides is 2. The molecule has 0 saturated heterocycles. The minimum Gasteiger partial charge on any atom is -0.497 e. The SMILES string of the molecule is CCOc1cccc(C(NC(=O)c2cccc(OC)c2)NC(=O)c2cccc(OC)c2)c1. The van der Waals surface area contributed by atoms with Crippen LogP contribution in [0, 0.1) is 0 Å². The first kappa shape index (κ1) is 22.7. The van der Waals surface area contributed by atoms with Crippen LogP contribution < -0.4 is 24.8 Å². The summed E-state index contributed by atoms with van der Waals surface area (Å²) in [4.78, 5) is 25.9. The maximum Gasteiger partial charge on any atom is 0.253 e. The van der Waals surface area contributed by atoms with Crippen molar-refractivity contribution in [1.82, 2.24) is 10.6 Å². The first-order valence-electron chi connectivity index (χ1n) is 10.2. The van der Waals surface area contributed by atoms with E-state index >= 15 is 0 Å². The maximum atomic E-state index is 13.0. The third-order valence-corrected chi connectivity index (χ3v) is 4.72. The fourth-order valence-corrected chi connectivity index (χ4v) is 3.11. The van der Waals surface area contributed by atoms with Gasteiger partial charge in [-0.3, -0.25) is 9.59 Å². The number of hydrogen-bond acceptors (Lipinski definition) is 5. The monoisotopic (exact) mass is 434 g/mol. The molecule has 0 fully saturated rings. The topological polar surface area (TPSA) is 85.9 Å². The summed E-state index contributed by atoms with van der Waals surface area (Å²) in [5.41, 5.74) is 1.49. The minimum atomic E-state index is -0.798. The zero-order valence-corrected chi connectivity index (χ0v) is 18.3. The van der Waals surface area contributed by atoms with E-state index in [1.54, 1.807) is 54.6 Å². The average molecular weight is 434 g/mol. The molecule has 166 valence electrons. The van der Waals surface area contributed by atoms with Crippen molar-refractivity contribution in [3.05, 3.63) is 89.5 Å². The van der Waals surface area contributed by atoms with Crippen molar-refractivity contribution in [2.45, 2.75) is 13.1 Å². The predicted molar refractivity (Wildman–Crippen MR) is 121 cm³/mol.